The lowest BCUT2D eigenvalue weighted by Gasteiger charge is -2.33. The number of nitrogens with zero attached hydrogens (tertiary/aromatic N) is 4. The molecule has 2 aromatic carbocycles. The van der Waals surface area contributed by atoms with Crippen molar-refractivity contribution in [2.45, 2.75) is 216 Å². The third kappa shape index (κ3) is 26.0. The Balaban J connectivity index is 1.32. The SMILES string of the molecule is CC[C@H](C)[C@H](NC(=O)[C@H](CC(N)=O)NC(=O)[C@H](CCCCN)NC(=O)[C@H](Cc1ccccc1)NC(=O)[C@H](Cc1ccccc1)NC(=O)[C@@H](N)Cc1cnc[nH]1)C(=O)N[C@H](C(=O)N[C@H](C(=O)N1CCC[C@H]1C(=O)N[C@@H](CCCN=C(N)N)C(=O)N[C@H](C(=O)N1CCC[C@H]1C(=O)O)[C@@H](C)O)[C@@H](C)O)C(C)C. The third-order valence-electron chi connectivity index (χ3n) is 18.2. The van der Waals surface area contributed by atoms with E-state index in [0.29, 0.717) is 29.7 Å². The summed E-state index contributed by atoms with van der Waals surface area (Å²) in [5, 5.41) is 55.1. The summed E-state index contributed by atoms with van der Waals surface area (Å²) in [5.74, 6) is -13.8. The number of aliphatic carboxylic acids is 1. The number of aliphatic imine (C=N–C) groups is 1. The van der Waals surface area contributed by atoms with Crippen LogP contribution in [-0.2, 0) is 81.6 Å². The van der Waals surface area contributed by atoms with Gasteiger partial charge in [0.15, 0.2) is 5.96 Å². The van der Waals surface area contributed by atoms with Gasteiger partial charge in [-0.25, -0.2) is 9.78 Å². The quantitative estimate of drug-likeness (QED) is 0.0145. The van der Waals surface area contributed by atoms with Crippen LogP contribution < -0.4 is 76.5 Å². The second kappa shape index (κ2) is 41.8. The summed E-state index contributed by atoms with van der Waals surface area (Å²) in [7, 11) is 0. The van der Waals surface area contributed by atoms with Gasteiger partial charge >= 0.3 is 5.97 Å². The summed E-state index contributed by atoms with van der Waals surface area (Å²) in [6.07, 6.45) is 0.509. The van der Waals surface area contributed by atoms with Crippen LogP contribution >= 0.6 is 0 Å². The highest BCUT2D eigenvalue weighted by Gasteiger charge is 2.44. The normalized spacial score (nSPS) is 18.0. The number of primary amides is 1. The van der Waals surface area contributed by atoms with Crippen molar-refractivity contribution < 1.29 is 77.6 Å². The molecule has 12 amide bonds. The van der Waals surface area contributed by atoms with Crippen LogP contribution in [-0.4, -0.2) is 229 Å². The predicted molar refractivity (Wildman–Crippen MR) is 379 cm³/mol. The summed E-state index contributed by atoms with van der Waals surface area (Å²) >= 11 is 0. The monoisotopic (exact) mass is 1460 g/mol. The molecule has 2 aliphatic rings. The fourth-order valence-corrected chi connectivity index (χ4v) is 12.1. The number of benzene rings is 2. The van der Waals surface area contributed by atoms with E-state index in [1.165, 1.54) is 26.4 Å². The van der Waals surface area contributed by atoms with Gasteiger partial charge in [-0.15, -0.1) is 0 Å². The number of H-pyrrole nitrogens is 1. The molecule has 1 aromatic heterocycles. The maximum absolute atomic E-state index is 14.7. The minimum Gasteiger partial charge on any atom is -0.480 e. The first-order valence-electron chi connectivity index (χ1n) is 35.1. The lowest BCUT2D eigenvalue weighted by atomic mass is 9.95. The van der Waals surface area contributed by atoms with Crippen molar-refractivity contribution in [1.82, 2.24) is 67.6 Å². The first kappa shape index (κ1) is 84.5. The number of carbonyl (C=O) groups is 13. The van der Waals surface area contributed by atoms with Crippen molar-refractivity contribution in [3.8, 4) is 0 Å². The fourth-order valence-electron chi connectivity index (χ4n) is 12.1. The van der Waals surface area contributed by atoms with Crippen LogP contribution in [0.15, 0.2) is 78.2 Å². The zero-order valence-corrected chi connectivity index (χ0v) is 59.7. The number of amides is 12. The largest absolute Gasteiger partial charge is 0.480 e. The highest BCUT2D eigenvalue weighted by Crippen LogP contribution is 2.23. The average Bonchev–Trinajstić information content (AvgIpc) is 1.68. The zero-order chi connectivity index (χ0) is 76.9. The van der Waals surface area contributed by atoms with Gasteiger partial charge in [0.05, 0.1) is 31.0 Å². The number of carboxylic acid groups (broad SMARTS) is 1. The number of hydrogen-bond donors (Lipinski definition) is 18. The predicted octanol–water partition coefficient (Wildman–Crippen LogP) is -4.28. The highest BCUT2D eigenvalue weighted by molar-refractivity contribution is 6.00. The Morgan fingerprint density at radius 2 is 1.01 bits per heavy atom. The van der Waals surface area contributed by atoms with Crippen molar-refractivity contribution in [1.29, 1.82) is 0 Å². The number of carboxylic acids is 1. The standard InChI is InChI=1S/C69H105N19O16/c1-7-38(4)54(65(100)83-53(37(2)3)64(99)86-56(40(6)90)66(101)87-29-17-25-50(87)63(98)79-46(24-16-28-76-69(73)74)59(94)85-55(39(5)89)67(102)88-30-18-26-51(88)68(103)104)84-62(97)49(34-52(72)91)82-58(93)45(23-14-15-27-70)78-60(95)48(32-42-21-12-9-13-22-42)81-61(96)47(31-41-19-10-8-11-20-41)80-57(92)44(71)33-43-35-75-36-77-43/h8-13,19-22,35-40,44-51,53-56,89-90H,7,14-18,23-34,70-71H2,1-6H3,(H2,72,91)(H,75,77)(H,78,95)(H,79,98)(H,80,92)(H,81,96)(H,82,93)(H,83,100)(H,84,97)(H,85,94)(H,86,99)(H,103,104)(H4,73,74,76)/t38-,39+,40+,44-,45-,46-,47-,48-,49-,50-,51-,53-,54-,55-,56-/m0/s1. The van der Waals surface area contributed by atoms with E-state index in [1.807, 2.05) is 0 Å². The van der Waals surface area contributed by atoms with Crippen molar-refractivity contribution in [2.75, 3.05) is 26.2 Å². The van der Waals surface area contributed by atoms with Gasteiger partial charge in [-0.2, -0.15) is 0 Å². The number of unbranched alkanes of at least 4 members (excludes halogenated alkanes) is 1. The number of guanidine groups is 1. The number of imidazole rings is 1. The summed E-state index contributed by atoms with van der Waals surface area (Å²) in [4.78, 5) is 195. The summed E-state index contributed by atoms with van der Waals surface area (Å²) < 4.78 is 0. The Kier molecular flexibility index (Phi) is 34.0. The molecule has 0 spiro atoms. The maximum atomic E-state index is 14.7. The molecule has 104 heavy (non-hydrogen) atoms. The van der Waals surface area contributed by atoms with Crippen LogP contribution in [0.3, 0.4) is 0 Å². The van der Waals surface area contributed by atoms with Crippen molar-refractivity contribution in [2.24, 2.45) is 45.5 Å². The number of aromatic nitrogens is 2. The Bertz CT molecular complexity index is 3410. The van der Waals surface area contributed by atoms with Crippen molar-refractivity contribution in [3.05, 3.63) is 90.0 Å². The van der Waals surface area contributed by atoms with Crippen LogP contribution in [0.25, 0.3) is 0 Å². The van der Waals surface area contributed by atoms with Crippen LogP contribution in [0.4, 0.5) is 0 Å². The number of carbonyl (C=O) groups excluding carboxylic acids is 12. The van der Waals surface area contributed by atoms with E-state index in [0.717, 1.165) is 9.80 Å². The van der Waals surface area contributed by atoms with Gasteiger partial charge in [-0.1, -0.05) is 94.8 Å². The molecule has 15 atom stereocenters. The Labute approximate surface area is 603 Å². The molecule has 0 bridgehead atoms. The van der Waals surface area contributed by atoms with Gasteiger partial charge in [0.2, 0.25) is 70.9 Å². The average molecular weight is 1460 g/mol. The lowest BCUT2D eigenvalue weighted by Crippen LogP contribution is -2.63. The number of rotatable bonds is 42. The molecule has 23 N–H and O–H groups in total. The molecule has 5 rings (SSSR count). The topological polar surface area (TPSA) is 568 Å². The Hall–Kier alpha value is -10.1. The van der Waals surface area contributed by atoms with Crippen LogP contribution in [0.1, 0.15) is 129 Å². The molecule has 3 aromatic rings. The zero-order valence-electron chi connectivity index (χ0n) is 59.7. The molecule has 35 heteroatoms. The van der Waals surface area contributed by atoms with E-state index in [4.69, 9.17) is 28.7 Å². The van der Waals surface area contributed by atoms with Crippen LogP contribution in [0.5, 0.6) is 0 Å². The van der Waals surface area contributed by atoms with Crippen LogP contribution in [0, 0.1) is 11.8 Å². The molecular weight excluding hydrogens is 1350 g/mol. The summed E-state index contributed by atoms with van der Waals surface area (Å²) in [6.45, 7) is 9.05. The molecular formula is C69H105N19O16. The van der Waals surface area contributed by atoms with Gasteiger partial charge in [-0.3, -0.25) is 62.5 Å². The van der Waals surface area contributed by atoms with E-state index in [9.17, 15) is 77.6 Å². The number of hydrogen-bond acceptors (Lipinski definition) is 19. The molecule has 35 nitrogen and oxygen atoms in total. The van der Waals surface area contributed by atoms with E-state index < -0.39 is 180 Å². The molecule has 0 radical (unpaired) electrons. The van der Waals surface area contributed by atoms with Gasteiger partial charge < -0.3 is 107 Å². The molecule has 0 aliphatic carbocycles. The molecule has 0 unspecified atom stereocenters. The first-order valence-corrected chi connectivity index (χ1v) is 35.1. The fraction of sp³-hybridized carbons (Fsp3) is 0.580. The van der Waals surface area contributed by atoms with Crippen LogP contribution in [0.2, 0.25) is 0 Å². The number of likely N-dealkylation sites (tertiary alicyclic amines) is 2. The van der Waals surface area contributed by atoms with E-state index in [-0.39, 0.29) is 103 Å². The third-order valence-corrected chi connectivity index (χ3v) is 18.2. The highest BCUT2D eigenvalue weighted by atomic mass is 16.4. The van der Waals surface area contributed by atoms with Gasteiger partial charge in [0.1, 0.15) is 66.5 Å². The Morgan fingerprint density at radius 1 is 0.558 bits per heavy atom. The Morgan fingerprint density at radius 3 is 1.51 bits per heavy atom. The number of aliphatic hydroxyl groups excluding tert-OH is 2. The molecule has 3 heterocycles. The van der Waals surface area contributed by atoms with Crippen molar-refractivity contribution >= 4 is 82.8 Å². The van der Waals surface area contributed by atoms with E-state index in [2.05, 4.69) is 62.8 Å². The first-order chi connectivity index (χ1) is 49.3. The minimum atomic E-state index is -1.78. The smallest absolute Gasteiger partial charge is 0.326 e. The number of nitrogens with one attached hydrogen (secondary N) is 10. The second-order valence-corrected chi connectivity index (χ2v) is 26.7. The minimum absolute atomic E-state index is 0.00143. The summed E-state index contributed by atoms with van der Waals surface area (Å²) in [6, 6.07) is 0.173. The van der Waals surface area contributed by atoms with Gasteiger partial charge in [-0.05, 0) is 101 Å². The number of aromatic amines is 1. The van der Waals surface area contributed by atoms with E-state index >= 15 is 0 Å². The number of aliphatic hydroxyl groups is 2. The van der Waals surface area contributed by atoms with Gasteiger partial charge in [0, 0.05) is 50.8 Å². The van der Waals surface area contributed by atoms with Gasteiger partial charge in [0.25, 0.3) is 0 Å². The molecule has 2 aliphatic heterocycles. The lowest BCUT2D eigenvalue weighted by molar-refractivity contribution is -0.151. The summed E-state index contributed by atoms with van der Waals surface area (Å²) in [5.41, 5.74) is 30.6. The van der Waals surface area contributed by atoms with E-state index in [1.54, 1.807) is 88.4 Å². The number of nitrogens with two attached hydrogens (primary N) is 5. The molecule has 2 fully saturated rings. The molecule has 572 valence electrons. The molecule has 0 saturated carbocycles. The second-order valence-electron chi connectivity index (χ2n) is 26.7. The van der Waals surface area contributed by atoms with Crippen molar-refractivity contribution in [3.63, 3.8) is 0 Å². The molecule has 2 saturated heterocycles. The maximum Gasteiger partial charge on any atom is 0.326 e.